The Morgan fingerprint density at radius 2 is 1.41 bits per heavy atom. The van der Waals surface area contributed by atoms with E-state index in [4.69, 9.17) is 4.74 Å². The zero-order valence-corrected chi connectivity index (χ0v) is 17.4. The highest BCUT2D eigenvalue weighted by Gasteiger charge is 2.46. The Morgan fingerprint density at radius 1 is 0.963 bits per heavy atom. The van der Waals surface area contributed by atoms with Crippen molar-refractivity contribution in [2.75, 3.05) is 13.2 Å². The molecule has 3 aliphatic rings. The first kappa shape index (κ1) is 19.8. The molecule has 148 valence electrons. The molecule has 3 rings (SSSR count). The van der Waals surface area contributed by atoms with Crippen LogP contribution in [-0.2, 0) is 19.1 Å². The molecule has 0 aromatic rings. The predicted molar refractivity (Wildman–Crippen MR) is 103 cm³/mol. The zero-order valence-electron chi connectivity index (χ0n) is 17.4. The zero-order chi connectivity index (χ0) is 20.1. The molecule has 0 aromatic heterocycles. The van der Waals surface area contributed by atoms with E-state index in [9.17, 15) is 14.4 Å². The number of esters is 1. The lowest BCUT2D eigenvalue weighted by atomic mass is 9.65. The fourth-order valence-electron chi connectivity index (χ4n) is 4.93. The molecule has 27 heavy (non-hydrogen) atoms. The standard InChI is InChI=1S/C22H31NO4/c1-13-19-15(9-21(3,4)11-17(19)25)23(7-8-27-14(2)24)16-10-22(5,6)12-18(26)20(13)16/h13H,7-12H2,1-6H3. The molecular formula is C22H31NO4. The smallest absolute Gasteiger partial charge is 0.302 e. The Hall–Kier alpha value is -1.91. The Kier molecular flexibility index (Phi) is 4.86. The summed E-state index contributed by atoms with van der Waals surface area (Å²) in [6.45, 7) is 12.6. The molecule has 0 saturated heterocycles. The summed E-state index contributed by atoms with van der Waals surface area (Å²) in [5, 5.41) is 0. The van der Waals surface area contributed by atoms with Crippen molar-refractivity contribution in [3.63, 3.8) is 0 Å². The van der Waals surface area contributed by atoms with Gasteiger partial charge in [0.1, 0.15) is 6.61 Å². The monoisotopic (exact) mass is 373 g/mol. The van der Waals surface area contributed by atoms with Crippen molar-refractivity contribution in [2.45, 2.75) is 67.2 Å². The van der Waals surface area contributed by atoms with Gasteiger partial charge in [0.15, 0.2) is 11.6 Å². The summed E-state index contributed by atoms with van der Waals surface area (Å²) in [7, 11) is 0. The molecule has 0 amide bonds. The molecule has 5 nitrogen and oxygen atoms in total. The van der Waals surface area contributed by atoms with E-state index in [2.05, 4.69) is 32.6 Å². The summed E-state index contributed by atoms with van der Waals surface area (Å²) in [6, 6.07) is 0. The third-order valence-electron chi connectivity index (χ3n) is 5.93. The van der Waals surface area contributed by atoms with Crippen LogP contribution < -0.4 is 0 Å². The minimum Gasteiger partial charge on any atom is -0.464 e. The van der Waals surface area contributed by atoms with Crippen molar-refractivity contribution in [1.29, 1.82) is 0 Å². The van der Waals surface area contributed by atoms with Gasteiger partial charge in [-0.05, 0) is 23.7 Å². The summed E-state index contributed by atoms with van der Waals surface area (Å²) in [5.41, 5.74) is 3.43. The molecule has 0 saturated carbocycles. The normalized spacial score (nSPS) is 24.7. The molecule has 0 radical (unpaired) electrons. The first-order chi connectivity index (χ1) is 12.4. The Balaban J connectivity index is 2.08. The van der Waals surface area contributed by atoms with E-state index in [1.54, 1.807) is 0 Å². The van der Waals surface area contributed by atoms with Crippen molar-refractivity contribution in [2.24, 2.45) is 16.7 Å². The second kappa shape index (κ2) is 6.61. The summed E-state index contributed by atoms with van der Waals surface area (Å²) >= 11 is 0. The molecule has 0 aromatic carbocycles. The van der Waals surface area contributed by atoms with E-state index in [1.165, 1.54) is 6.92 Å². The van der Waals surface area contributed by atoms with E-state index in [-0.39, 0.29) is 40.9 Å². The third-order valence-corrected chi connectivity index (χ3v) is 5.93. The first-order valence-electron chi connectivity index (χ1n) is 9.85. The van der Waals surface area contributed by atoms with E-state index >= 15 is 0 Å². The molecule has 0 spiro atoms. The number of allylic oxidation sites excluding steroid dienone is 4. The van der Waals surface area contributed by atoms with Crippen LogP contribution in [0.15, 0.2) is 22.5 Å². The number of hydrogen-bond acceptors (Lipinski definition) is 5. The quantitative estimate of drug-likeness (QED) is 0.704. The van der Waals surface area contributed by atoms with Gasteiger partial charge in [0.05, 0.1) is 6.54 Å². The van der Waals surface area contributed by atoms with Crippen molar-refractivity contribution in [3.8, 4) is 0 Å². The van der Waals surface area contributed by atoms with Crippen molar-refractivity contribution >= 4 is 17.5 Å². The molecule has 0 atom stereocenters. The second-order valence-electron chi connectivity index (χ2n) is 9.82. The Bertz CT molecular complexity index is 715. The van der Waals surface area contributed by atoms with Crippen LogP contribution in [0.2, 0.25) is 0 Å². The van der Waals surface area contributed by atoms with E-state index in [1.807, 2.05) is 6.92 Å². The van der Waals surface area contributed by atoms with Gasteiger partial charge in [0.2, 0.25) is 0 Å². The third kappa shape index (κ3) is 3.74. The van der Waals surface area contributed by atoms with Gasteiger partial charge in [-0.3, -0.25) is 14.4 Å². The SMILES string of the molecule is CC(=O)OCCN1C2=C(C(=O)CC(C)(C)C2)C(C)C2=C1CC(C)(C)CC2=O. The Morgan fingerprint density at radius 3 is 1.81 bits per heavy atom. The number of carbonyl (C=O) groups is 3. The Labute approximate surface area is 161 Å². The van der Waals surface area contributed by atoms with Gasteiger partial charge in [0, 0.05) is 48.2 Å². The molecule has 1 heterocycles. The lowest BCUT2D eigenvalue weighted by molar-refractivity contribution is -0.141. The average Bonchev–Trinajstić information content (AvgIpc) is 2.46. The lowest BCUT2D eigenvalue weighted by Gasteiger charge is -2.48. The average molecular weight is 373 g/mol. The first-order valence-corrected chi connectivity index (χ1v) is 9.85. The number of hydrogen-bond donors (Lipinski definition) is 0. The van der Waals surface area contributed by atoms with Crippen LogP contribution in [0.4, 0.5) is 0 Å². The van der Waals surface area contributed by atoms with Crippen molar-refractivity contribution in [3.05, 3.63) is 22.5 Å². The predicted octanol–water partition coefficient (Wildman–Crippen LogP) is 3.79. The second-order valence-corrected chi connectivity index (χ2v) is 9.82. The van der Waals surface area contributed by atoms with Gasteiger partial charge in [0.25, 0.3) is 0 Å². The summed E-state index contributed by atoms with van der Waals surface area (Å²) < 4.78 is 5.19. The summed E-state index contributed by atoms with van der Waals surface area (Å²) in [5.74, 6) is -0.165. The molecule has 5 heteroatoms. The molecular weight excluding hydrogens is 342 g/mol. The summed E-state index contributed by atoms with van der Waals surface area (Å²) in [6.07, 6.45) is 2.61. The van der Waals surface area contributed by atoms with Gasteiger partial charge >= 0.3 is 5.97 Å². The number of ether oxygens (including phenoxy) is 1. The highest BCUT2D eigenvalue weighted by Crippen LogP contribution is 2.51. The van der Waals surface area contributed by atoms with Gasteiger partial charge in [-0.25, -0.2) is 0 Å². The lowest BCUT2D eigenvalue weighted by Crippen LogP contribution is -2.45. The largest absolute Gasteiger partial charge is 0.464 e. The fraction of sp³-hybridized carbons (Fsp3) is 0.682. The van der Waals surface area contributed by atoms with Crippen molar-refractivity contribution in [1.82, 2.24) is 4.90 Å². The van der Waals surface area contributed by atoms with Crippen LogP contribution in [0, 0.1) is 16.7 Å². The van der Waals surface area contributed by atoms with Crippen LogP contribution in [-0.4, -0.2) is 35.6 Å². The van der Waals surface area contributed by atoms with E-state index in [0.29, 0.717) is 19.4 Å². The minimum absolute atomic E-state index is 0.110. The fourth-order valence-corrected chi connectivity index (χ4v) is 4.93. The highest BCUT2D eigenvalue weighted by atomic mass is 16.5. The van der Waals surface area contributed by atoms with Crippen LogP contribution >= 0.6 is 0 Å². The minimum atomic E-state index is -0.316. The van der Waals surface area contributed by atoms with E-state index < -0.39 is 0 Å². The maximum absolute atomic E-state index is 13.0. The molecule has 0 unspecified atom stereocenters. The van der Waals surface area contributed by atoms with Crippen LogP contribution in [0.25, 0.3) is 0 Å². The van der Waals surface area contributed by atoms with Crippen LogP contribution in [0.1, 0.15) is 67.2 Å². The van der Waals surface area contributed by atoms with Crippen molar-refractivity contribution < 1.29 is 19.1 Å². The van der Waals surface area contributed by atoms with Crippen LogP contribution in [0.5, 0.6) is 0 Å². The maximum atomic E-state index is 13.0. The topological polar surface area (TPSA) is 63.7 Å². The van der Waals surface area contributed by atoms with E-state index in [0.717, 1.165) is 35.4 Å². The number of rotatable bonds is 3. The van der Waals surface area contributed by atoms with Gasteiger partial charge in [-0.2, -0.15) is 0 Å². The van der Waals surface area contributed by atoms with Gasteiger partial charge in [-0.1, -0.05) is 34.6 Å². The number of Topliss-reactive ketones (excluding diaryl/α,β-unsaturated/α-hetero) is 2. The van der Waals surface area contributed by atoms with Gasteiger partial charge in [-0.15, -0.1) is 0 Å². The van der Waals surface area contributed by atoms with Crippen LogP contribution in [0.3, 0.4) is 0 Å². The highest BCUT2D eigenvalue weighted by molar-refractivity contribution is 6.05. The molecule has 2 aliphatic carbocycles. The molecule has 0 fully saturated rings. The number of ketones is 2. The molecule has 0 bridgehead atoms. The number of carbonyl (C=O) groups excluding carboxylic acids is 3. The summed E-state index contributed by atoms with van der Waals surface area (Å²) in [4.78, 5) is 39.3. The maximum Gasteiger partial charge on any atom is 0.302 e. The van der Waals surface area contributed by atoms with Gasteiger partial charge < -0.3 is 9.64 Å². The molecule has 0 N–H and O–H groups in total. The molecule has 1 aliphatic heterocycles. The number of nitrogens with zero attached hydrogens (tertiary/aromatic N) is 1.